The van der Waals surface area contributed by atoms with Gasteiger partial charge in [0.1, 0.15) is 35.7 Å². The minimum absolute atomic E-state index is 0.443. The summed E-state index contributed by atoms with van der Waals surface area (Å²) < 4.78 is 11.7. The average molecular weight is 316 g/mol. The van der Waals surface area contributed by atoms with E-state index >= 15 is 0 Å². The fraction of sp³-hybridized carbons (Fsp3) is 0.100. The van der Waals surface area contributed by atoms with Crippen LogP contribution >= 0.6 is 0 Å². The molecule has 0 aliphatic carbocycles. The minimum atomic E-state index is 0.443. The summed E-state index contributed by atoms with van der Waals surface area (Å²) in [4.78, 5) is 8.77. The van der Waals surface area contributed by atoms with E-state index in [2.05, 4.69) is 9.97 Å². The molecule has 4 aromatic rings. The fourth-order valence-electron chi connectivity index (χ4n) is 2.69. The Morgan fingerprint density at radius 1 is 0.583 bits per heavy atom. The molecule has 0 saturated carbocycles. The third-order valence-corrected chi connectivity index (χ3v) is 3.79. The highest BCUT2D eigenvalue weighted by molar-refractivity contribution is 5.84. The maximum atomic E-state index is 5.85. The van der Waals surface area contributed by atoms with Gasteiger partial charge in [-0.2, -0.15) is 0 Å². The van der Waals surface area contributed by atoms with Crippen LogP contribution in [0.4, 0.5) is 0 Å². The molecule has 2 aromatic heterocycles. The van der Waals surface area contributed by atoms with Crippen molar-refractivity contribution in [1.29, 1.82) is 0 Å². The molecule has 0 fully saturated rings. The number of nitrogens with zero attached hydrogens (tertiary/aromatic N) is 2. The standard InChI is InChI=1S/C20H16N2O2/c1-5-15-7-3-11-21-19(15)17(9-1)23-13-14-24-18-10-2-6-16-8-4-12-22-20(16)18/h1-12H,13-14H2. The SMILES string of the molecule is c1cnc2c(OCCOc3cccc4cccnc34)cccc2c1. The molecular weight excluding hydrogens is 300 g/mol. The summed E-state index contributed by atoms with van der Waals surface area (Å²) in [7, 11) is 0. The summed E-state index contributed by atoms with van der Waals surface area (Å²) >= 11 is 0. The van der Waals surface area contributed by atoms with Gasteiger partial charge in [-0.05, 0) is 24.3 Å². The molecule has 4 nitrogen and oxygen atoms in total. The minimum Gasteiger partial charge on any atom is -0.488 e. The Hall–Kier alpha value is -3.14. The van der Waals surface area contributed by atoms with Gasteiger partial charge in [0.15, 0.2) is 0 Å². The van der Waals surface area contributed by atoms with Crippen LogP contribution in [0.3, 0.4) is 0 Å². The van der Waals surface area contributed by atoms with E-state index in [0.717, 1.165) is 33.3 Å². The molecule has 0 aliphatic heterocycles. The normalized spacial score (nSPS) is 10.8. The van der Waals surface area contributed by atoms with Gasteiger partial charge in [0, 0.05) is 23.2 Å². The largest absolute Gasteiger partial charge is 0.488 e. The van der Waals surface area contributed by atoms with Gasteiger partial charge in [0.25, 0.3) is 0 Å². The zero-order valence-electron chi connectivity index (χ0n) is 13.1. The van der Waals surface area contributed by atoms with Crippen LogP contribution in [0.15, 0.2) is 73.1 Å². The quantitative estimate of drug-likeness (QED) is 0.517. The maximum absolute atomic E-state index is 5.85. The highest BCUT2D eigenvalue weighted by atomic mass is 16.5. The number of hydrogen-bond acceptors (Lipinski definition) is 4. The lowest BCUT2D eigenvalue weighted by Crippen LogP contribution is -2.09. The van der Waals surface area contributed by atoms with Crippen LogP contribution in [0.1, 0.15) is 0 Å². The van der Waals surface area contributed by atoms with Gasteiger partial charge >= 0.3 is 0 Å². The van der Waals surface area contributed by atoms with E-state index in [9.17, 15) is 0 Å². The van der Waals surface area contributed by atoms with Gasteiger partial charge in [-0.3, -0.25) is 9.97 Å². The smallest absolute Gasteiger partial charge is 0.145 e. The first-order valence-electron chi connectivity index (χ1n) is 7.85. The number of benzene rings is 2. The van der Waals surface area contributed by atoms with E-state index in [0.29, 0.717) is 13.2 Å². The summed E-state index contributed by atoms with van der Waals surface area (Å²) in [5.74, 6) is 1.54. The molecule has 0 unspecified atom stereocenters. The van der Waals surface area contributed by atoms with E-state index in [4.69, 9.17) is 9.47 Å². The Morgan fingerprint density at radius 2 is 1.04 bits per heavy atom. The zero-order valence-corrected chi connectivity index (χ0v) is 13.1. The van der Waals surface area contributed by atoms with Crippen molar-refractivity contribution in [3.63, 3.8) is 0 Å². The van der Waals surface area contributed by atoms with Crippen molar-refractivity contribution in [2.45, 2.75) is 0 Å². The summed E-state index contributed by atoms with van der Waals surface area (Å²) in [6.45, 7) is 0.887. The molecule has 2 heterocycles. The third kappa shape index (κ3) is 2.86. The van der Waals surface area contributed by atoms with E-state index < -0.39 is 0 Å². The molecule has 4 rings (SSSR count). The number of fused-ring (bicyclic) bond motifs is 2. The van der Waals surface area contributed by atoms with E-state index in [1.807, 2.05) is 60.7 Å². The Labute approximate surface area is 139 Å². The van der Waals surface area contributed by atoms with Crippen molar-refractivity contribution in [3.05, 3.63) is 73.1 Å². The molecule has 0 spiro atoms. The molecule has 0 aliphatic rings. The summed E-state index contributed by atoms with van der Waals surface area (Å²) in [5.41, 5.74) is 1.73. The second-order valence-corrected chi connectivity index (χ2v) is 5.36. The number of hydrogen-bond donors (Lipinski definition) is 0. The predicted octanol–water partition coefficient (Wildman–Crippen LogP) is 4.24. The van der Waals surface area contributed by atoms with Crippen LogP contribution in [0, 0.1) is 0 Å². The van der Waals surface area contributed by atoms with Crippen LogP contribution in [0.5, 0.6) is 11.5 Å². The lowest BCUT2D eigenvalue weighted by molar-refractivity contribution is 0.220. The average Bonchev–Trinajstić information content (AvgIpc) is 2.65. The number of rotatable bonds is 5. The molecule has 0 atom stereocenters. The van der Waals surface area contributed by atoms with Crippen LogP contribution < -0.4 is 9.47 Å². The summed E-state index contributed by atoms with van der Waals surface area (Å²) in [6, 6.07) is 19.7. The molecule has 0 bridgehead atoms. The van der Waals surface area contributed by atoms with E-state index in [-0.39, 0.29) is 0 Å². The first-order chi connectivity index (χ1) is 11.9. The summed E-state index contributed by atoms with van der Waals surface area (Å²) in [6.07, 6.45) is 3.54. The Morgan fingerprint density at radius 3 is 1.54 bits per heavy atom. The molecule has 0 N–H and O–H groups in total. The fourth-order valence-corrected chi connectivity index (χ4v) is 2.69. The van der Waals surface area contributed by atoms with Gasteiger partial charge < -0.3 is 9.47 Å². The monoisotopic (exact) mass is 316 g/mol. The summed E-state index contributed by atoms with van der Waals surface area (Å²) in [5, 5.41) is 2.13. The Kier molecular flexibility index (Phi) is 3.94. The van der Waals surface area contributed by atoms with Crippen molar-refractivity contribution in [3.8, 4) is 11.5 Å². The number of ether oxygens (including phenoxy) is 2. The molecule has 0 amide bonds. The zero-order chi connectivity index (χ0) is 16.2. The van der Waals surface area contributed by atoms with Crippen molar-refractivity contribution in [2.24, 2.45) is 0 Å². The topological polar surface area (TPSA) is 44.2 Å². The highest BCUT2D eigenvalue weighted by Crippen LogP contribution is 2.24. The molecule has 118 valence electrons. The molecule has 2 aromatic carbocycles. The Balaban J connectivity index is 1.44. The second-order valence-electron chi connectivity index (χ2n) is 5.36. The highest BCUT2D eigenvalue weighted by Gasteiger charge is 2.04. The van der Waals surface area contributed by atoms with Crippen molar-refractivity contribution >= 4 is 21.8 Å². The van der Waals surface area contributed by atoms with Crippen LogP contribution in [-0.2, 0) is 0 Å². The van der Waals surface area contributed by atoms with Gasteiger partial charge in [0.05, 0.1) is 0 Å². The molecule has 4 heteroatoms. The van der Waals surface area contributed by atoms with Crippen molar-refractivity contribution in [1.82, 2.24) is 9.97 Å². The number of para-hydroxylation sites is 2. The molecule has 0 radical (unpaired) electrons. The van der Waals surface area contributed by atoms with Crippen LogP contribution in [0.25, 0.3) is 21.8 Å². The maximum Gasteiger partial charge on any atom is 0.145 e. The van der Waals surface area contributed by atoms with Gasteiger partial charge in [-0.25, -0.2) is 0 Å². The van der Waals surface area contributed by atoms with Gasteiger partial charge in [-0.15, -0.1) is 0 Å². The van der Waals surface area contributed by atoms with E-state index in [1.165, 1.54) is 0 Å². The molecular formula is C20H16N2O2. The predicted molar refractivity (Wildman–Crippen MR) is 94.5 cm³/mol. The first kappa shape index (κ1) is 14.5. The third-order valence-electron chi connectivity index (χ3n) is 3.79. The molecule has 0 saturated heterocycles. The lowest BCUT2D eigenvalue weighted by atomic mass is 10.2. The van der Waals surface area contributed by atoms with Crippen LogP contribution in [-0.4, -0.2) is 23.2 Å². The number of aromatic nitrogens is 2. The van der Waals surface area contributed by atoms with Crippen molar-refractivity contribution < 1.29 is 9.47 Å². The Bertz CT molecular complexity index is 893. The number of pyridine rings is 2. The van der Waals surface area contributed by atoms with E-state index in [1.54, 1.807) is 12.4 Å². The van der Waals surface area contributed by atoms with Crippen molar-refractivity contribution in [2.75, 3.05) is 13.2 Å². The second kappa shape index (κ2) is 6.54. The lowest BCUT2D eigenvalue weighted by Gasteiger charge is -2.11. The first-order valence-corrected chi connectivity index (χ1v) is 7.85. The van der Waals surface area contributed by atoms with Gasteiger partial charge in [0.2, 0.25) is 0 Å². The molecule has 24 heavy (non-hydrogen) atoms. The van der Waals surface area contributed by atoms with Gasteiger partial charge in [-0.1, -0.05) is 36.4 Å². The van der Waals surface area contributed by atoms with Crippen LogP contribution in [0.2, 0.25) is 0 Å².